The third-order valence-corrected chi connectivity index (χ3v) is 11.1. The Morgan fingerprint density at radius 3 is 2.30 bits per heavy atom. The first-order valence-corrected chi connectivity index (χ1v) is 16.9. The number of amidine groups is 1. The number of amides is 2. The minimum absolute atomic E-state index is 0.0166. The smallest absolute Gasteiger partial charge is 0.348 e. The van der Waals surface area contributed by atoms with Gasteiger partial charge in [0.25, 0.3) is 0 Å². The highest BCUT2D eigenvalue weighted by Crippen LogP contribution is 2.43. The number of likely N-dealkylation sites (N-methyl/N-ethyl adjacent to an activating group) is 1. The Bertz CT molecular complexity index is 1010. The molecule has 0 aromatic rings. The fourth-order valence-electron chi connectivity index (χ4n) is 8.76. The largest absolute Gasteiger partial charge is 0.384 e. The lowest BCUT2D eigenvalue weighted by Crippen LogP contribution is -2.53. The molecule has 5 aliphatic rings. The zero-order chi connectivity index (χ0) is 30.5. The van der Waals surface area contributed by atoms with E-state index in [0.717, 1.165) is 70.8 Å². The van der Waals surface area contributed by atoms with Crippen LogP contribution in [0.2, 0.25) is 0 Å². The number of carbonyl (C=O) groups is 3. The molecule has 2 aliphatic heterocycles. The molecule has 0 spiro atoms. The van der Waals surface area contributed by atoms with Gasteiger partial charge in [-0.25, -0.2) is 4.79 Å². The van der Waals surface area contributed by atoms with Crippen molar-refractivity contribution in [3.8, 4) is 0 Å². The standard InChI is InChI=1S/C32H55N7O4/c1-37(2)20-29(40)43-36-30(33)24-13-12-23-16-28(32(42)35-25-6-5-7-26(18-25)38-14-3-4-15-38)39(27(23)17-24)19-21-8-10-22(11-9-21)31(34)41/h21-28H,3-20H2,1-2H3,(H2,33,36)(H2,34,41)(H,35,42). The molecule has 0 aromatic heterocycles. The number of hydrogen-bond acceptors (Lipinski definition) is 8. The lowest BCUT2D eigenvalue weighted by atomic mass is 9.77. The predicted molar refractivity (Wildman–Crippen MR) is 166 cm³/mol. The second-order valence-corrected chi connectivity index (χ2v) is 14.4. The molecule has 242 valence electrons. The first-order chi connectivity index (χ1) is 20.7. The minimum Gasteiger partial charge on any atom is -0.384 e. The van der Waals surface area contributed by atoms with Crippen molar-refractivity contribution in [1.82, 2.24) is 20.0 Å². The van der Waals surface area contributed by atoms with E-state index in [2.05, 4.69) is 20.3 Å². The fraction of sp³-hybridized carbons (Fsp3) is 0.875. The Labute approximate surface area is 257 Å². The van der Waals surface area contributed by atoms with Gasteiger partial charge in [-0.1, -0.05) is 5.16 Å². The second kappa shape index (κ2) is 14.7. The van der Waals surface area contributed by atoms with Crippen LogP contribution in [0.25, 0.3) is 0 Å². The molecule has 0 bridgehead atoms. The van der Waals surface area contributed by atoms with Crippen LogP contribution in [-0.2, 0) is 19.2 Å². The Kier molecular flexibility index (Phi) is 11.0. The highest BCUT2D eigenvalue weighted by atomic mass is 16.7. The van der Waals surface area contributed by atoms with Crippen molar-refractivity contribution in [3.05, 3.63) is 0 Å². The summed E-state index contributed by atoms with van der Waals surface area (Å²) < 4.78 is 0. The molecule has 2 saturated heterocycles. The van der Waals surface area contributed by atoms with Gasteiger partial charge in [0.05, 0.1) is 12.6 Å². The number of likely N-dealkylation sites (tertiary alicyclic amines) is 2. The Balaban J connectivity index is 1.25. The summed E-state index contributed by atoms with van der Waals surface area (Å²) in [6.45, 7) is 3.40. The van der Waals surface area contributed by atoms with Crippen LogP contribution in [0.3, 0.4) is 0 Å². The molecule has 5 N–H and O–H groups in total. The molecule has 11 heteroatoms. The van der Waals surface area contributed by atoms with E-state index in [0.29, 0.717) is 23.7 Å². The van der Waals surface area contributed by atoms with Crippen LogP contribution in [0.4, 0.5) is 0 Å². The van der Waals surface area contributed by atoms with Crippen LogP contribution in [0, 0.1) is 23.7 Å². The Hall–Kier alpha value is -2.24. The van der Waals surface area contributed by atoms with Gasteiger partial charge in [0, 0.05) is 36.5 Å². The van der Waals surface area contributed by atoms with Crippen molar-refractivity contribution in [1.29, 1.82) is 0 Å². The van der Waals surface area contributed by atoms with Gasteiger partial charge in [0.2, 0.25) is 11.8 Å². The molecule has 3 saturated carbocycles. The van der Waals surface area contributed by atoms with Gasteiger partial charge in [0.1, 0.15) is 5.84 Å². The molecule has 43 heavy (non-hydrogen) atoms. The third kappa shape index (κ3) is 8.28. The summed E-state index contributed by atoms with van der Waals surface area (Å²) in [6.07, 6.45) is 14.3. The van der Waals surface area contributed by atoms with Gasteiger partial charge in [-0.15, -0.1) is 0 Å². The van der Waals surface area contributed by atoms with Crippen LogP contribution in [0.15, 0.2) is 5.16 Å². The van der Waals surface area contributed by atoms with Crippen molar-refractivity contribution in [2.75, 3.05) is 40.3 Å². The van der Waals surface area contributed by atoms with E-state index in [-0.39, 0.29) is 48.3 Å². The monoisotopic (exact) mass is 601 g/mol. The number of fused-ring (bicyclic) bond motifs is 1. The summed E-state index contributed by atoms with van der Waals surface area (Å²) >= 11 is 0. The van der Waals surface area contributed by atoms with Crippen molar-refractivity contribution >= 4 is 23.6 Å². The average Bonchev–Trinajstić information content (AvgIpc) is 3.65. The summed E-state index contributed by atoms with van der Waals surface area (Å²) in [5.41, 5.74) is 12.0. The number of nitrogens with two attached hydrogens (primary N) is 2. The zero-order valence-corrected chi connectivity index (χ0v) is 26.4. The van der Waals surface area contributed by atoms with E-state index < -0.39 is 5.97 Å². The summed E-state index contributed by atoms with van der Waals surface area (Å²) in [4.78, 5) is 49.8. The van der Waals surface area contributed by atoms with Crippen molar-refractivity contribution in [3.63, 3.8) is 0 Å². The SMILES string of the molecule is CN(C)CC(=O)O/N=C(\N)C1CCC2CC(C(=O)NC3CCCC(N4CCCC4)C3)N(CC3CCC(C(N)=O)CC3)C2C1. The number of carbonyl (C=O) groups excluding carboxylic acids is 3. The normalized spacial score (nSPS) is 35.9. The summed E-state index contributed by atoms with van der Waals surface area (Å²) in [5.74, 6) is 0.803. The van der Waals surface area contributed by atoms with E-state index in [1.807, 2.05) is 0 Å². The quantitative estimate of drug-likeness (QED) is 0.149. The molecule has 6 unspecified atom stereocenters. The first kappa shape index (κ1) is 32.2. The molecule has 0 radical (unpaired) electrons. The summed E-state index contributed by atoms with van der Waals surface area (Å²) in [6, 6.07) is 0.929. The van der Waals surface area contributed by atoms with Crippen LogP contribution < -0.4 is 16.8 Å². The maximum Gasteiger partial charge on any atom is 0.348 e. The van der Waals surface area contributed by atoms with Gasteiger partial charge in [-0.3, -0.25) is 19.4 Å². The molecule has 0 aromatic carbocycles. The first-order valence-electron chi connectivity index (χ1n) is 16.9. The summed E-state index contributed by atoms with van der Waals surface area (Å²) in [7, 11) is 3.61. The van der Waals surface area contributed by atoms with Gasteiger partial charge < -0.3 is 26.5 Å². The van der Waals surface area contributed by atoms with Crippen LogP contribution in [0.1, 0.15) is 89.9 Å². The molecule has 6 atom stereocenters. The molecule has 2 heterocycles. The Morgan fingerprint density at radius 2 is 1.60 bits per heavy atom. The maximum atomic E-state index is 14.0. The molecular formula is C32H55N7O4. The van der Waals surface area contributed by atoms with E-state index in [4.69, 9.17) is 16.3 Å². The topological polar surface area (TPSA) is 147 Å². The zero-order valence-electron chi connectivity index (χ0n) is 26.4. The second-order valence-electron chi connectivity index (χ2n) is 14.4. The lowest BCUT2D eigenvalue weighted by molar-refractivity contribution is -0.144. The fourth-order valence-corrected chi connectivity index (χ4v) is 8.76. The molecule has 5 fully saturated rings. The molecule has 5 rings (SSSR count). The van der Waals surface area contributed by atoms with Crippen LogP contribution >= 0.6 is 0 Å². The van der Waals surface area contributed by atoms with E-state index in [9.17, 15) is 14.4 Å². The molecule has 3 aliphatic carbocycles. The Morgan fingerprint density at radius 1 is 0.884 bits per heavy atom. The molecular weight excluding hydrogens is 546 g/mol. The van der Waals surface area contributed by atoms with Crippen molar-refractivity contribution in [2.24, 2.45) is 40.3 Å². The van der Waals surface area contributed by atoms with Crippen LogP contribution in [0.5, 0.6) is 0 Å². The number of oxime groups is 1. The number of nitrogens with one attached hydrogen (secondary N) is 1. The molecule has 2 amide bonds. The van der Waals surface area contributed by atoms with Crippen LogP contribution in [-0.4, -0.2) is 103 Å². The summed E-state index contributed by atoms with van der Waals surface area (Å²) in [5, 5.41) is 7.54. The molecule has 11 nitrogen and oxygen atoms in total. The van der Waals surface area contributed by atoms with Gasteiger partial charge in [0.15, 0.2) is 0 Å². The number of hydrogen-bond donors (Lipinski definition) is 3. The lowest BCUT2D eigenvalue weighted by Gasteiger charge is -2.40. The van der Waals surface area contributed by atoms with Crippen molar-refractivity contribution < 1.29 is 19.2 Å². The van der Waals surface area contributed by atoms with E-state index >= 15 is 0 Å². The van der Waals surface area contributed by atoms with Gasteiger partial charge >= 0.3 is 5.97 Å². The number of primary amides is 1. The highest BCUT2D eigenvalue weighted by molar-refractivity contribution is 5.84. The van der Waals surface area contributed by atoms with E-state index in [1.165, 1.54) is 38.8 Å². The van der Waals surface area contributed by atoms with Crippen molar-refractivity contribution in [2.45, 2.75) is 114 Å². The predicted octanol–water partition coefficient (Wildman–Crippen LogP) is 2.04. The highest BCUT2D eigenvalue weighted by Gasteiger charge is 2.48. The third-order valence-electron chi connectivity index (χ3n) is 11.1. The van der Waals surface area contributed by atoms with Gasteiger partial charge in [-0.05, 0) is 129 Å². The minimum atomic E-state index is -0.429. The number of rotatable bonds is 10. The average molecular weight is 602 g/mol. The number of nitrogens with zero attached hydrogens (tertiary/aromatic N) is 4. The van der Waals surface area contributed by atoms with Gasteiger partial charge in [-0.2, -0.15) is 0 Å². The maximum absolute atomic E-state index is 14.0. The van der Waals surface area contributed by atoms with E-state index in [1.54, 1.807) is 19.0 Å².